The van der Waals surface area contributed by atoms with E-state index >= 15 is 0 Å². The first-order valence-electron chi connectivity index (χ1n) is 6.98. The van der Waals surface area contributed by atoms with Gasteiger partial charge < -0.3 is 10.2 Å². The number of anilines is 1. The number of hydrogen-bond donors (Lipinski definition) is 4. The van der Waals surface area contributed by atoms with Crippen molar-refractivity contribution in [2.45, 2.75) is 34.1 Å². The van der Waals surface area contributed by atoms with E-state index in [0.29, 0.717) is 57.9 Å². The SMILES string of the molecule is CC(=O)CC(=O)Nc1c(O)[c]([Hg])cc(C)[c]1[Hg].CC(=O)O.CC(=O)O. The van der Waals surface area contributed by atoms with Gasteiger partial charge in [0.1, 0.15) is 0 Å². The van der Waals surface area contributed by atoms with E-state index in [2.05, 4.69) is 5.32 Å². The molecule has 1 aromatic rings. The van der Waals surface area contributed by atoms with Crippen molar-refractivity contribution in [1.29, 1.82) is 0 Å². The van der Waals surface area contributed by atoms with Gasteiger partial charge in [-0.1, -0.05) is 0 Å². The van der Waals surface area contributed by atoms with Gasteiger partial charge >= 0.3 is 133 Å². The Labute approximate surface area is 177 Å². The van der Waals surface area contributed by atoms with Crippen LogP contribution >= 0.6 is 0 Å². The van der Waals surface area contributed by atoms with Crippen molar-refractivity contribution in [3.05, 3.63) is 11.6 Å². The molecule has 0 aromatic heterocycles. The predicted molar refractivity (Wildman–Crippen MR) is 82.7 cm³/mol. The Bertz CT molecular complexity index is 614. The van der Waals surface area contributed by atoms with Gasteiger partial charge in [0.2, 0.25) is 0 Å². The summed E-state index contributed by atoms with van der Waals surface area (Å²) in [6.45, 7) is 5.53. The van der Waals surface area contributed by atoms with Crippen LogP contribution in [0, 0.1) is 6.92 Å². The minimum absolute atomic E-state index is 0.137. The number of aryl methyl sites for hydroxylation is 1. The Hall–Kier alpha value is -1.03. The van der Waals surface area contributed by atoms with Gasteiger partial charge in [0, 0.05) is 13.8 Å². The number of carbonyl (C=O) groups excluding carboxylic acids is 2. The second-order valence-corrected chi connectivity index (χ2v) is 10.7. The number of ketones is 1. The zero-order valence-corrected chi connectivity index (χ0v) is 25.7. The van der Waals surface area contributed by atoms with E-state index in [1.54, 1.807) is 0 Å². The molecule has 130 valence electrons. The molecule has 0 bridgehead atoms. The summed E-state index contributed by atoms with van der Waals surface area (Å²) in [5.74, 6) is -2.00. The number of Topliss-reactive ketones (excluding diaryl/α,β-unsaturated/α-hetero) is 1. The Morgan fingerprint density at radius 2 is 1.44 bits per heavy atom. The molecule has 10 heteroatoms. The number of carboxylic acid groups (broad SMARTS) is 2. The van der Waals surface area contributed by atoms with E-state index in [-0.39, 0.29) is 23.9 Å². The van der Waals surface area contributed by atoms with E-state index in [1.165, 1.54) is 6.92 Å². The maximum atomic E-state index is 11.5. The van der Waals surface area contributed by atoms with Crippen molar-refractivity contribution in [3.8, 4) is 5.75 Å². The molecular weight excluding hydrogens is 707 g/mol. The number of phenols is 1. The van der Waals surface area contributed by atoms with Crippen molar-refractivity contribution < 1.29 is 86.7 Å². The molecule has 8 nitrogen and oxygen atoms in total. The van der Waals surface area contributed by atoms with Gasteiger partial charge in [-0.05, 0) is 0 Å². The zero-order valence-electron chi connectivity index (χ0n) is 14.7. The molecule has 0 aliphatic heterocycles. The molecule has 0 saturated carbocycles. The third-order valence-corrected chi connectivity index (χ3v) is 8.02. The van der Waals surface area contributed by atoms with E-state index in [9.17, 15) is 14.7 Å². The normalized spacial score (nSPS) is 8.96. The van der Waals surface area contributed by atoms with Gasteiger partial charge in [-0.15, -0.1) is 0 Å². The number of phenolic OH excluding ortho intramolecular Hbond substituents is 1. The summed E-state index contributed by atoms with van der Waals surface area (Å²) in [5, 5.41) is 27.5. The van der Waals surface area contributed by atoms with Crippen molar-refractivity contribution in [3.63, 3.8) is 0 Å². The molecule has 0 spiro atoms. The molecule has 0 fully saturated rings. The van der Waals surface area contributed by atoms with Crippen LogP contribution in [-0.4, -0.2) is 38.9 Å². The molecule has 4 N–H and O–H groups in total. The number of aromatic hydroxyl groups is 1. The van der Waals surface area contributed by atoms with Gasteiger partial charge in [-0.3, -0.25) is 9.59 Å². The summed E-state index contributed by atoms with van der Waals surface area (Å²) in [6.07, 6.45) is -0.137. The monoisotopic (exact) mass is 729 g/mol. The number of amides is 1. The molecule has 0 heterocycles. The number of benzene rings is 1. The van der Waals surface area contributed by atoms with Crippen LogP contribution < -0.4 is 11.5 Å². The predicted octanol–water partition coefficient (Wildman–Crippen LogP) is 0.144. The van der Waals surface area contributed by atoms with Gasteiger partial charge in [0.05, 0.1) is 0 Å². The first-order chi connectivity index (χ1) is 11.3. The topological polar surface area (TPSA) is 141 Å². The molecule has 1 rings (SSSR count). The van der Waals surface area contributed by atoms with Crippen molar-refractivity contribution in [2.75, 3.05) is 5.32 Å². The van der Waals surface area contributed by atoms with Crippen LogP contribution in [0.5, 0.6) is 5.75 Å². The third-order valence-electron chi connectivity index (χ3n) is 2.38. The van der Waals surface area contributed by atoms with Crippen molar-refractivity contribution in [1.82, 2.24) is 0 Å². The maximum absolute atomic E-state index is 11.5. The Balaban J connectivity index is 0. The largest absolute Gasteiger partial charge is 0.481 e. The quantitative estimate of drug-likeness (QED) is 0.198. The van der Waals surface area contributed by atoms with Crippen LogP contribution in [0.4, 0.5) is 5.69 Å². The molecule has 25 heavy (non-hydrogen) atoms. The van der Waals surface area contributed by atoms with Crippen LogP contribution in [-0.2, 0) is 71.4 Å². The van der Waals surface area contributed by atoms with Crippen molar-refractivity contribution >= 4 is 35.5 Å². The van der Waals surface area contributed by atoms with E-state index in [4.69, 9.17) is 19.8 Å². The molecule has 1 amide bonds. The second-order valence-electron chi connectivity index (χ2n) is 5.02. The maximum Gasteiger partial charge on any atom is 0.300 e. The van der Waals surface area contributed by atoms with Crippen LogP contribution in [0.25, 0.3) is 0 Å². The fourth-order valence-electron chi connectivity index (χ4n) is 1.46. The summed E-state index contributed by atoms with van der Waals surface area (Å²) in [7, 11) is 0. The summed E-state index contributed by atoms with van der Waals surface area (Å²) < 4.78 is 1.96. The Kier molecular flexibility index (Phi) is 13.8. The average molecular weight is 726 g/mol. The van der Waals surface area contributed by atoms with Crippen LogP contribution in [0.2, 0.25) is 0 Å². The third kappa shape index (κ3) is 13.9. The minimum atomic E-state index is -0.833. The fourth-order valence-corrected chi connectivity index (χ4v) is 4.73. The molecule has 0 radical (unpaired) electrons. The first-order valence-corrected chi connectivity index (χ1v) is 12.5. The Morgan fingerprint density at radius 3 is 1.80 bits per heavy atom. The van der Waals surface area contributed by atoms with Crippen LogP contribution in [0.1, 0.15) is 32.8 Å². The number of carboxylic acids is 2. The summed E-state index contributed by atoms with van der Waals surface area (Å²) in [6, 6.07) is 1.99. The summed E-state index contributed by atoms with van der Waals surface area (Å²) >= 11 is 0.598. The molecule has 1 aromatic carbocycles. The molecule has 0 saturated heterocycles. The van der Waals surface area contributed by atoms with E-state index in [1.807, 2.05) is 13.0 Å². The molecular formula is C15H19Hg2NO7. The summed E-state index contributed by atoms with van der Waals surface area (Å²) in [4.78, 5) is 40.4. The fraction of sp³-hybridized carbons (Fsp3) is 0.333. The van der Waals surface area contributed by atoms with E-state index in [0.717, 1.165) is 25.6 Å². The molecule has 0 atom stereocenters. The zero-order chi connectivity index (χ0) is 20.3. The number of carbonyl (C=O) groups is 4. The van der Waals surface area contributed by atoms with Gasteiger partial charge in [0.15, 0.2) is 0 Å². The van der Waals surface area contributed by atoms with Gasteiger partial charge in [0.25, 0.3) is 11.9 Å². The number of aliphatic carboxylic acids is 2. The number of nitrogens with one attached hydrogen (secondary N) is 1. The average Bonchev–Trinajstić information content (AvgIpc) is 2.39. The first kappa shape index (κ1) is 26.2. The molecule has 0 unspecified atom stereocenters. The van der Waals surface area contributed by atoms with Crippen LogP contribution in [0.3, 0.4) is 0 Å². The van der Waals surface area contributed by atoms with Gasteiger partial charge in [-0.25, -0.2) is 0 Å². The molecule has 0 aliphatic carbocycles. The number of hydrogen-bond acceptors (Lipinski definition) is 5. The summed E-state index contributed by atoms with van der Waals surface area (Å²) in [5.41, 5.74) is 1.65. The van der Waals surface area contributed by atoms with E-state index < -0.39 is 11.9 Å². The second kappa shape index (κ2) is 13.2. The molecule has 0 aliphatic rings. The standard InChI is InChI=1S/C11H11NO3.2C2H4O2.2Hg/c1-7-3-4-10(14)9(5-7)12-11(15)6-8(2)13;2*1-2(3)4;;/h3,14H,6H2,1-2H3,(H,12,15);2*1H3,(H,3,4);;. The minimum Gasteiger partial charge on any atom is -0.481 e. The Morgan fingerprint density at radius 1 is 1.04 bits per heavy atom. The smallest absolute Gasteiger partial charge is 0.300 e. The van der Waals surface area contributed by atoms with Crippen molar-refractivity contribution in [2.24, 2.45) is 0 Å². The van der Waals surface area contributed by atoms with Crippen LogP contribution in [0.15, 0.2) is 6.07 Å². The van der Waals surface area contributed by atoms with Gasteiger partial charge in [-0.2, -0.15) is 0 Å². The number of rotatable bonds is 3.